The number of nitrogens with zero attached hydrogens (tertiary/aromatic N) is 3. The van der Waals surface area contributed by atoms with Crippen molar-refractivity contribution in [3.05, 3.63) is 235 Å². The molecule has 0 bridgehead atoms. The fourth-order valence-electron chi connectivity index (χ4n) is 9.52. The summed E-state index contributed by atoms with van der Waals surface area (Å²) in [5.74, 6) is 0.705. The maximum atomic E-state index is 5.10. The zero-order chi connectivity index (χ0) is 39.6. The molecule has 2 aliphatic rings. The van der Waals surface area contributed by atoms with Crippen LogP contribution >= 0.6 is 11.8 Å². The summed E-state index contributed by atoms with van der Waals surface area (Å²) >= 11 is 1.87. The fourth-order valence-corrected chi connectivity index (χ4v) is 10.7. The third-order valence-corrected chi connectivity index (χ3v) is 13.4. The summed E-state index contributed by atoms with van der Waals surface area (Å²) in [7, 11) is 0. The van der Waals surface area contributed by atoms with Crippen LogP contribution in [0.1, 0.15) is 22.3 Å². The molecule has 8 aromatic carbocycles. The molecular weight excluding hydrogens is 747 g/mol. The number of hydrogen-bond acceptors (Lipinski definition) is 4. The van der Waals surface area contributed by atoms with E-state index in [9.17, 15) is 0 Å². The Morgan fingerprint density at radius 3 is 1.55 bits per heavy atom. The molecule has 0 radical (unpaired) electrons. The van der Waals surface area contributed by atoms with Gasteiger partial charge >= 0.3 is 0 Å². The topological polar surface area (TPSA) is 38.7 Å². The van der Waals surface area contributed by atoms with Crippen molar-refractivity contribution in [2.45, 2.75) is 15.2 Å². The molecule has 4 heteroatoms. The van der Waals surface area contributed by atoms with E-state index in [-0.39, 0.29) is 0 Å². The first kappa shape index (κ1) is 34.6. The lowest BCUT2D eigenvalue weighted by molar-refractivity contribution is 0.723. The van der Waals surface area contributed by atoms with Crippen LogP contribution in [0.25, 0.3) is 78.1 Å². The van der Waals surface area contributed by atoms with E-state index in [2.05, 4.69) is 193 Å². The van der Waals surface area contributed by atoms with E-state index in [1.165, 1.54) is 65.2 Å². The smallest absolute Gasteiger partial charge is 0.160 e. The highest BCUT2D eigenvalue weighted by molar-refractivity contribution is 7.99. The second-order valence-corrected chi connectivity index (χ2v) is 16.6. The Balaban J connectivity index is 1.02. The highest BCUT2D eigenvalue weighted by Crippen LogP contribution is 2.63. The number of fused-ring (bicyclic) bond motifs is 10. The van der Waals surface area contributed by atoms with E-state index < -0.39 is 5.41 Å². The average molecular weight is 782 g/mol. The minimum atomic E-state index is -0.516. The zero-order valence-electron chi connectivity index (χ0n) is 32.5. The van der Waals surface area contributed by atoms with Crippen molar-refractivity contribution in [2.75, 3.05) is 0 Å². The summed E-state index contributed by atoms with van der Waals surface area (Å²) < 4.78 is 0. The van der Waals surface area contributed by atoms with Gasteiger partial charge in [0, 0.05) is 44.3 Å². The predicted molar refractivity (Wildman–Crippen MR) is 246 cm³/mol. The SMILES string of the molecule is c1ccc(-c2cc(-c3ccccc3)nc(-c3ccc(-c4ccc5c(c4)C4(c6cc(-c7cccc8ccncc78)ccc6S5)c5ccccc5-c5ccccc54)cc3)n2)cc1. The molecule has 3 nitrogen and oxygen atoms in total. The summed E-state index contributed by atoms with van der Waals surface area (Å²) in [5, 5.41) is 2.35. The Hall–Kier alpha value is -7.40. The first-order valence-corrected chi connectivity index (χ1v) is 21.1. The van der Waals surface area contributed by atoms with Crippen LogP contribution in [-0.4, -0.2) is 15.0 Å². The molecule has 0 atom stereocenters. The van der Waals surface area contributed by atoms with Crippen molar-refractivity contribution >= 4 is 22.5 Å². The number of aromatic nitrogens is 3. The van der Waals surface area contributed by atoms with Crippen molar-refractivity contribution < 1.29 is 0 Å². The number of hydrogen-bond donors (Lipinski definition) is 0. The molecule has 0 N–H and O–H groups in total. The molecule has 10 aromatic rings. The van der Waals surface area contributed by atoms with E-state index in [1.54, 1.807) is 0 Å². The molecule has 60 heavy (non-hydrogen) atoms. The van der Waals surface area contributed by atoms with Crippen molar-refractivity contribution in [3.8, 4) is 67.3 Å². The van der Waals surface area contributed by atoms with E-state index in [0.29, 0.717) is 5.82 Å². The normalized spacial score (nSPS) is 13.1. The molecule has 1 aliphatic heterocycles. The summed E-state index contributed by atoms with van der Waals surface area (Å²) in [6, 6.07) is 72.4. The highest BCUT2D eigenvalue weighted by Gasteiger charge is 2.50. The van der Waals surface area contributed by atoms with E-state index >= 15 is 0 Å². The van der Waals surface area contributed by atoms with Crippen LogP contribution in [0.3, 0.4) is 0 Å². The Morgan fingerprint density at radius 2 is 0.900 bits per heavy atom. The molecule has 0 amide bonds. The minimum absolute atomic E-state index is 0.516. The Labute approximate surface area is 353 Å². The van der Waals surface area contributed by atoms with Gasteiger partial charge in [0.2, 0.25) is 0 Å². The second kappa shape index (κ2) is 13.9. The van der Waals surface area contributed by atoms with Crippen LogP contribution in [0.2, 0.25) is 0 Å². The largest absolute Gasteiger partial charge is 0.264 e. The van der Waals surface area contributed by atoms with Crippen molar-refractivity contribution in [1.82, 2.24) is 15.0 Å². The lowest BCUT2D eigenvalue weighted by atomic mass is 9.66. The van der Waals surface area contributed by atoms with Gasteiger partial charge in [-0.25, -0.2) is 9.97 Å². The molecular formula is C56H35N3S. The van der Waals surface area contributed by atoms with Gasteiger partial charge in [0.15, 0.2) is 5.82 Å². The first-order valence-electron chi connectivity index (χ1n) is 20.3. The monoisotopic (exact) mass is 781 g/mol. The summed E-state index contributed by atoms with van der Waals surface area (Å²) in [6.45, 7) is 0. The zero-order valence-corrected chi connectivity index (χ0v) is 33.3. The molecule has 0 saturated carbocycles. The Morgan fingerprint density at radius 1 is 0.367 bits per heavy atom. The van der Waals surface area contributed by atoms with Crippen LogP contribution in [-0.2, 0) is 5.41 Å². The van der Waals surface area contributed by atoms with E-state index in [1.807, 2.05) is 36.3 Å². The van der Waals surface area contributed by atoms with Crippen LogP contribution in [0.4, 0.5) is 0 Å². The number of rotatable bonds is 5. The molecule has 1 aliphatic carbocycles. The Bertz CT molecular complexity index is 3180. The van der Waals surface area contributed by atoms with Crippen LogP contribution < -0.4 is 0 Å². The highest BCUT2D eigenvalue weighted by atomic mass is 32.2. The van der Waals surface area contributed by atoms with Crippen molar-refractivity contribution in [2.24, 2.45) is 0 Å². The summed E-state index contributed by atoms with van der Waals surface area (Å²) in [6.07, 6.45) is 3.87. The Kier molecular flexibility index (Phi) is 8.00. The maximum Gasteiger partial charge on any atom is 0.160 e. The molecule has 1 spiro atoms. The van der Waals surface area contributed by atoms with Gasteiger partial charge in [-0.15, -0.1) is 0 Å². The second-order valence-electron chi connectivity index (χ2n) is 15.5. The van der Waals surface area contributed by atoms with Gasteiger partial charge in [-0.3, -0.25) is 4.98 Å². The molecule has 0 saturated heterocycles. The fraction of sp³-hybridized carbons (Fsp3) is 0.0179. The summed E-state index contributed by atoms with van der Waals surface area (Å²) in [5.41, 5.74) is 16.9. The standard InChI is InChI=1S/C56H35N3S/c1-3-12-38(13-4-1)51-34-52(39-14-5-2-6-15-39)59-55(58-51)40-24-22-36(23-25-40)41-26-28-53-49(32-41)56(47-20-9-7-17-44(47)45-18-8-10-21-48(45)56)50-33-42(27-29-54(50)60-53)43-19-11-16-37-30-31-57-35-46(37)43/h1-35H. The van der Waals surface area contributed by atoms with Gasteiger partial charge in [-0.2, -0.15) is 0 Å². The van der Waals surface area contributed by atoms with Gasteiger partial charge in [0.25, 0.3) is 0 Å². The number of pyridine rings is 1. The minimum Gasteiger partial charge on any atom is -0.264 e. The lowest BCUT2D eigenvalue weighted by Gasteiger charge is -2.40. The van der Waals surface area contributed by atoms with Crippen LogP contribution in [0.5, 0.6) is 0 Å². The predicted octanol–water partition coefficient (Wildman–Crippen LogP) is 14.2. The molecule has 0 unspecified atom stereocenters. The van der Waals surface area contributed by atoms with Gasteiger partial charge in [-0.1, -0.05) is 176 Å². The molecule has 3 heterocycles. The van der Waals surface area contributed by atoms with Gasteiger partial charge < -0.3 is 0 Å². The van der Waals surface area contributed by atoms with Gasteiger partial charge in [0.1, 0.15) is 0 Å². The van der Waals surface area contributed by atoms with Crippen LogP contribution in [0, 0.1) is 0 Å². The first-order chi connectivity index (χ1) is 29.7. The molecule has 0 fully saturated rings. The quantitative estimate of drug-likeness (QED) is 0.174. The van der Waals surface area contributed by atoms with Crippen molar-refractivity contribution in [3.63, 3.8) is 0 Å². The third-order valence-electron chi connectivity index (χ3n) is 12.3. The van der Waals surface area contributed by atoms with E-state index in [4.69, 9.17) is 9.97 Å². The van der Waals surface area contributed by atoms with Crippen LogP contribution in [0.15, 0.2) is 222 Å². The lowest BCUT2D eigenvalue weighted by Crippen LogP contribution is -2.32. The average Bonchev–Trinajstić information content (AvgIpc) is 3.62. The summed E-state index contributed by atoms with van der Waals surface area (Å²) in [4.78, 5) is 17.3. The molecule has 280 valence electrons. The van der Waals surface area contributed by atoms with Crippen molar-refractivity contribution in [1.29, 1.82) is 0 Å². The van der Waals surface area contributed by atoms with Gasteiger partial charge in [0.05, 0.1) is 16.8 Å². The maximum absolute atomic E-state index is 5.10. The molecule has 12 rings (SSSR count). The van der Waals surface area contributed by atoms with E-state index in [0.717, 1.165) is 39.0 Å². The third kappa shape index (κ3) is 5.42. The molecule has 2 aromatic heterocycles. The number of benzene rings is 8. The van der Waals surface area contributed by atoms with Gasteiger partial charge in [-0.05, 0) is 97.4 Å².